The van der Waals surface area contributed by atoms with E-state index < -0.39 is 0 Å². The van der Waals surface area contributed by atoms with Gasteiger partial charge in [0.25, 0.3) is 0 Å². The van der Waals surface area contributed by atoms with Crippen LogP contribution >= 0.6 is 0 Å². The van der Waals surface area contributed by atoms with Crippen LogP contribution in [-0.2, 0) is 4.79 Å². The number of amides is 1. The molecule has 7 heteroatoms. The van der Waals surface area contributed by atoms with Gasteiger partial charge in [-0.15, -0.1) is 0 Å². The maximum absolute atomic E-state index is 12.8. The first-order chi connectivity index (χ1) is 16.5. The lowest BCUT2D eigenvalue weighted by atomic mass is 10.2. The summed E-state index contributed by atoms with van der Waals surface area (Å²) < 4.78 is 5.42. The van der Waals surface area contributed by atoms with E-state index in [4.69, 9.17) is 4.74 Å². The Bertz CT molecular complexity index is 1110. The van der Waals surface area contributed by atoms with E-state index in [-0.39, 0.29) is 5.91 Å². The summed E-state index contributed by atoms with van der Waals surface area (Å²) in [6, 6.07) is 5.94. The number of allylic oxidation sites excluding steroid dienone is 2. The van der Waals surface area contributed by atoms with E-state index in [1.165, 1.54) is 0 Å². The van der Waals surface area contributed by atoms with E-state index in [9.17, 15) is 4.79 Å². The summed E-state index contributed by atoms with van der Waals surface area (Å²) in [6.45, 7) is 14.0. The van der Waals surface area contributed by atoms with Gasteiger partial charge in [-0.2, -0.15) is 0 Å². The maximum Gasteiger partial charge on any atom is 0.226 e. The van der Waals surface area contributed by atoms with E-state index in [1.54, 1.807) is 25.7 Å². The van der Waals surface area contributed by atoms with Crippen LogP contribution in [-0.4, -0.2) is 47.5 Å². The summed E-state index contributed by atoms with van der Waals surface area (Å²) in [5, 5.41) is 5.04. The molecule has 1 aromatic heterocycles. The van der Waals surface area contributed by atoms with Crippen LogP contribution in [0.5, 0.6) is 5.75 Å². The fourth-order valence-corrected chi connectivity index (χ4v) is 3.57. The van der Waals surface area contributed by atoms with Crippen LogP contribution in [0.25, 0.3) is 12.2 Å². The predicted molar refractivity (Wildman–Crippen MR) is 141 cm³/mol. The molecule has 0 saturated carbocycles. The highest BCUT2D eigenvalue weighted by Gasteiger charge is 2.13. The molecule has 34 heavy (non-hydrogen) atoms. The lowest BCUT2D eigenvalue weighted by molar-refractivity contribution is -0.129. The summed E-state index contributed by atoms with van der Waals surface area (Å²) in [5.74, 6) is 0.862. The second kappa shape index (κ2) is 13.8. The second-order valence-electron chi connectivity index (χ2n) is 7.64. The van der Waals surface area contributed by atoms with Gasteiger partial charge in [0, 0.05) is 56.4 Å². The first-order valence-corrected chi connectivity index (χ1v) is 11.7. The molecular formula is C27H37N5O2. The number of nitrogens with one attached hydrogen (secondary N) is 1. The molecule has 0 aliphatic carbocycles. The van der Waals surface area contributed by atoms with Crippen LogP contribution in [0, 0.1) is 0 Å². The van der Waals surface area contributed by atoms with Gasteiger partial charge in [0.1, 0.15) is 5.75 Å². The first kappa shape index (κ1) is 26.6. The van der Waals surface area contributed by atoms with Gasteiger partial charge in [0.05, 0.1) is 29.2 Å². The third kappa shape index (κ3) is 7.20. The van der Waals surface area contributed by atoms with Crippen molar-refractivity contribution in [3.8, 4) is 5.75 Å². The molecule has 0 spiro atoms. The molecule has 7 nitrogen and oxygen atoms in total. The molecule has 0 aliphatic rings. The van der Waals surface area contributed by atoms with E-state index in [1.807, 2.05) is 73.9 Å². The van der Waals surface area contributed by atoms with Gasteiger partial charge in [-0.3, -0.25) is 14.8 Å². The molecule has 0 saturated heterocycles. The topological polar surface area (TPSA) is 70.6 Å². The molecule has 0 unspecified atom stereocenters. The number of ether oxygens (including phenoxy) is 1. The molecule has 0 aliphatic heterocycles. The Hall–Kier alpha value is -3.61. The fourth-order valence-electron chi connectivity index (χ4n) is 3.57. The number of benzene rings is 1. The number of methoxy groups -OCH3 is 1. The summed E-state index contributed by atoms with van der Waals surface area (Å²) >= 11 is 0. The van der Waals surface area contributed by atoms with E-state index in [2.05, 4.69) is 21.9 Å². The van der Waals surface area contributed by atoms with Gasteiger partial charge >= 0.3 is 0 Å². The Kier molecular flexibility index (Phi) is 10.8. The Labute approximate surface area is 203 Å². The molecule has 2 aromatic rings. The van der Waals surface area contributed by atoms with Crippen LogP contribution in [0.1, 0.15) is 40.5 Å². The van der Waals surface area contributed by atoms with Crippen molar-refractivity contribution in [2.24, 2.45) is 0 Å². The molecule has 2 rings (SSSR count). The molecule has 1 aromatic carbocycles. The van der Waals surface area contributed by atoms with Crippen molar-refractivity contribution in [3.63, 3.8) is 0 Å². The molecular weight excluding hydrogens is 426 g/mol. The lowest BCUT2D eigenvalue weighted by Crippen LogP contribution is -2.34. The number of anilines is 2. The third-order valence-corrected chi connectivity index (χ3v) is 5.60. The minimum Gasteiger partial charge on any atom is -0.497 e. The van der Waals surface area contributed by atoms with Gasteiger partial charge in [-0.25, -0.2) is 0 Å². The number of rotatable bonds is 12. The summed E-state index contributed by atoms with van der Waals surface area (Å²) in [4.78, 5) is 25.3. The Morgan fingerprint density at radius 2 is 1.94 bits per heavy atom. The number of carbonyl (C=O) groups is 1. The average Bonchev–Trinajstić information content (AvgIpc) is 2.88. The van der Waals surface area contributed by atoms with Crippen molar-refractivity contribution in [1.29, 1.82) is 0 Å². The Morgan fingerprint density at radius 3 is 2.56 bits per heavy atom. The summed E-state index contributed by atoms with van der Waals surface area (Å²) in [7, 11) is 1.66. The van der Waals surface area contributed by atoms with Gasteiger partial charge in [-0.05, 0) is 52.3 Å². The van der Waals surface area contributed by atoms with Crippen LogP contribution in [0.4, 0.5) is 11.4 Å². The first-order valence-electron chi connectivity index (χ1n) is 11.7. The van der Waals surface area contributed by atoms with Gasteiger partial charge < -0.3 is 19.9 Å². The molecule has 182 valence electrons. The molecule has 1 heterocycles. The average molecular weight is 464 g/mol. The Balaban J connectivity index is 2.03. The minimum absolute atomic E-state index is 0.0822. The summed E-state index contributed by atoms with van der Waals surface area (Å²) in [6.07, 6.45) is 12.0. The van der Waals surface area contributed by atoms with Gasteiger partial charge in [0.2, 0.25) is 5.91 Å². The number of hydrogen-bond donors (Lipinski definition) is 1. The molecule has 1 N–H and O–H groups in total. The highest BCUT2D eigenvalue weighted by molar-refractivity contribution is 5.81. The zero-order valence-corrected chi connectivity index (χ0v) is 21.0. The molecule has 1 amide bonds. The zero-order valence-electron chi connectivity index (χ0n) is 21.0. The van der Waals surface area contributed by atoms with E-state index in [0.717, 1.165) is 39.9 Å². The van der Waals surface area contributed by atoms with Crippen LogP contribution in [0.15, 0.2) is 55.1 Å². The second-order valence-corrected chi connectivity index (χ2v) is 7.64. The van der Waals surface area contributed by atoms with Crippen molar-refractivity contribution >= 4 is 29.4 Å². The van der Waals surface area contributed by atoms with Crippen molar-refractivity contribution in [2.75, 3.05) is 37.0 Å². The van der Waals surface area contributed by atoms with Crippen molar-refractivity contribution in [2.45, 2.75) is 40.5 Å². The monoisotopic (exact) mass is 463 g/mol. The van der Waals surface area contributed by atoms with E-state index >= 15 is 0 Å². The molecule has 0 fully saturated rings. The normalized spacial score (nSPS) is 12.4. The lowest BCUT2D eigenvalue weighted by Gasteiger charge is -2.25. The highest BCUT2D eigenvalue weighted by atomic mass is 16.5. The van der Waals surface area contributed by atoms with Gasteiger partial charge in [-0.1, -0.05) is 18.7 Å². The maximum atomic E-state index is 12.8. The predicted octanol–water partition coefficient (Wildman–Crippen LogP) is 3.68. The molecule has 0 bridgehead atoms. The van der Waals surface area contributed by atoms with Gasteiger partial charge in [0.15, 0.2) is 0 Å². The van der Waals surface area contributed by atoms with Crippen molar-refractivity contribution in [3.05, 3.63) is 65.8 Å². The number of hydrogen-bond acceptors (Lipinski definition) is 6. The summed E-state index contributed by atoms with van der Waals surface area (Å²) in [5.41, 5.74) is 3.03. The third-order valence-electron chi connectivity index (χ3n) is 5.60. The van der Waals surface area contributed by atoms with Crippen molar-refractivity contribution < 1.29 is 9.53 Å². The van der Waals surface area contributed by atoms with Crippen LogP contribution in [0.2, 0.25) is 0 Å². The number of carbonyl (C=O) groups excluding carboxylic acids is 1. The fraction of sp³-hybridized carbons (Fsp3) is 0.370. The van der Waals surface area contributed by atoms with Crippen molar-refractivity contribution in [1.82, 2.24) is 14.9 Å². The van der Waals surface area contributed by atoms with E-state index in [0.29, 0.717) is 26.1 Å². The number of aromatic nitrogens is 2. The highest BCUT2D eigenvalue weighted by Crippen LogP contribution is 2.32. The molecule has 0 radical (unpaired) electrons. The largest absolute Gasteiger partial charge is 0.497 e. The van der Waals surface area contributed by atoms with Crippen LogP contribution < -0.4 is 25.7 Å². The Morgan fingerprint density at radius 1 is 1.21 bits per heavy atom. The SMILES string of the molecule is C=CN(/C(C)=C\C)c1ccc(OC)cc1NCCCN(CC)C(=O)C/C=c1/nccn/c1=C/C. The number of nitrogens with zero attached hydrogens (tertiary/aromatic N) is 4. The van der Waals surface area contributed by atoms with Crippen LogP contribution in [0.3, 0.4) is 0 Å². The minimum atomic E-state index is 0.0822. The smallest absolute Gasteiger partial charge is 0.226 e. The standard InChI is InChI=1S/C27H37N5O2/c1-7-21(5)32(10-4)26-14-12-22(34-6)20-25(26)28-16-11-19-31(9-3)27(33)15-13-24-23(8-2)29-17-18-30-24/h7-8,10,12-14,17-18,20,28H,4,9,11,15-16,19H2,1-3,5-6H3/b21-7-,23-8+,24-13+. The quantitative estimate of drug-likeness (QED) is 0.484. The zero-order chi connectivity index (χ0) is 24.9. The molecule has 0 atom stereocenters.